The van der Waals surface area contributed by atoms with Crippen molar-refractivity contribution in [2.24, 2.45) is 11.8 Å². The summed E-state index contributed by atoms with van der Waals surface area (Å²) in [7, 11) is 0. The fourth-order valence-electron chi connectivity index (χ4n) is 5.40. The molecule has 2 aromatic heterocycles. The summed E-state index contributed by atoms with van der Waals surface area (Å²) in [6.07, 6.45) is 9.54. The number of anilines is 2. The van der Waals surface area contributed by atoms with Gasteiger partial charge in [0.2, 0.25) is 11.9 Å². The Hall–Kier alpha value is -3.65. The number of para-hydroxylation sites is 1. The Bertz CT molecular complexity index is 1330. The van der Waals surface area contributed by atoms with E-state index in [4.69, 9.17) is 14.7 Å². The molecule has 2 aliphatic heterocycles. The number of nitrogens with one attached hydrogen (secondary N) is 1. The van der Waals surface area contributed by atoms with Crippen molar-refractivity contribution in [1.82, 2.24) is 15.0 Å². The second-order valence-corrected chi connectivity index (χ2v) is 10.5. The van der Waals surface area contributed by atoms with E-state index >= 15 is 0 Å². The summed E-state index contributed by atoms with van der Waals surface area (Å²) < 4.78 is 5.60. The summed E-state index contributed by atoms with van der Waals surface area (Å²) >= 11 is 0. The number of benzene rings is 1. The minimum atomic E-state index is -0.120. The van der Waals surface area contributed by atoms with Crippen LogP contribution in [0.4, 0.5) is 11.6 Å². The molecule has 4 heterocycles. The number of carbonyl (C=O) groups is 2. The van der Waals surface area contributed by atoms with Crippen molar-refractivity contribution in [3.05, 3.63) is 65.6 Å². The molecule has 1 saturated heterocycles. The van der Waals surface area contributed by atoms with E-state index in [0.717, 1.165) is 79.9 Å². The highest BCUT2D eigenvalue weighted by Crippen LogP contribution is 2.36. The molecule has 8 nitrogen and oxygen atoms in total. The molecule has 8 heteroatoms. The highest BCUT2D eigenvalue weighted by molar-refractivity contribution is 6.07. The first-order chi connectivity index (χ1) is 18.7. The zero-order valence-electron chi connectivity index (χ0n) is 21.6. The Labute approximate surface area is 222 Å². The summed E-state index contributed by atoms with van der Waals surface area (Å²) in [5.41, 5.74) is 4.76. The maximum atomic E-state index is 13.8. The van der Waals surface area contributed by atoms with E-state index in [0.29, 0.717) is 30.5 Å². The van der Waals surface area contributed by atoms with Crippen molar-refractivity contribution in [2.75, 3.05) is 30.0 Å². The van der Waals surface area contributed by atoms with Crippen LogP contribution in [0.1, 0.15) is 60.3 Å². The lowest BCUT2D eigenvalue weighted by Crippen LogP contribution is -2.33. The number of amides is 2. The molecule has 1 unspecified atom stereocenters. The van der Waals surface area contributed by atoms with Crippen LogP contribution in [-0.4, -0.2) is 46.5 Å². The quantitative estimate of drug-likeness (QED) is 0.509. The van der Waals surface area contributed by atoms with Gasteiger partial charge in [-0.05, 0) is 81.0 Å². The van der Waals surface area contributed by atoms with E-state index in [1.807, 2.05) is 36.4 Å². The molecule has 2 amide bonds. The predicted octanol–water partition coefficient (Wildman–Crippen LogP) is 4.84. The van der Waals surface area contributed by atoms with Crippen molar-refractivity contribution in [3.8, 4) is 11.3 Å². The number of hydrogen-bond acceptors (Lipinski definition) is 6. The van der Waals surface area contributed by atoms with Crippen LogP contribution in [-0.2, 0) is 22.4 Å². The first-order valence-corrected chi connectivity index (χ1v) is 13.8. The Morgan fingerprint density at radius 2 is 1.89 bits per heavy atom. The molecule has 0 bridgehead atoms. The largest absolute Gasteiger partial charge is 0.381 e. The van der Waals surface area contributed by atoms with Crippen LogP contribution in [0.5, 0.6) is 0 Å². The van der Waals surface area contributed by atoms with Crippen LogP contribution < -0.4 is 10.2 Å². The lowest BCUT2D eigenvalue weighted by atomic mass is 9.94. The smallest absolute Gasteiger partial charge is 0.276 e. The average molecular weight is 512 g/mol. The van der Waals surface area contributed by atoms with Gasteiger partial charge in [0, 0.05) is 43.1 Å². The Balaban J connectivity index is 1.23. The van der Waals surface area contributed by atoms with Crippen molar-refractivity contribution in [2.45, 2.75) is 51.4 Å². The number of pyridine rings is 1. The third-order valence-electron chi connectivity index (χ3n) is 7.75. The van der Waals surface area contributed by atoms with Gasteiger partial charge in [-0.1, -0.05) is 24.3 Å². The first kappa shape index (κ1) is 24.7. The molecule has 6 rings (SSSR count). The third kappa shape index (κ3) is 5.45. The number of aryl methyl sites for hydroxylation is 1. The molecule has 1 N–H and O–H groups in total. The Morgan fingerprint density at radius 1 is 1.00 bits per heavy atom. The number of nitrogens with zero attached hydrogens (tertiary/aromatic N) is 4. The molecule has 1 aliphatic carbocycles. The molecule has 38 heavy (non-hydrogen) atoms. The van der Waals surface area contributed by atoms with Gasteiger partial charge < -0.3 is 9.64 Å². The second-order valence-electron chi connectivity index (χ2n) is 10.5. The number of aromatic nitrogens is 3. The average Bonchev–Trinajstić information content (AvgIpc) is 3.81. The van der Waals surface area contributed by atoms with E-state index in [-0.39, 0.29) is 17.7 Å². The van der Waals surface area contributed by atoms with E-state index in [1.54, 1.807) is 17.2 Å². The van der Waals surface area contributed by atoms with Crippen molar-refractivity contribution < 1.29 is 14.3 Å². The van der Waals surface area contributed by atoms with E-state index < -0.39 is 0 Å². The molecule has 3 aliphatic rings. The highest BCUT2D eigenvalue weighted by Gasteiger charge is 2.31. The Kier molecular flexibility index (Phi) is 7.14. The number of hydrogen-bond donors (Lipinski definition) is 1. The number of fused-ring (bicyclic) bond motifs is 3. The molecule has 1 atom stereocenters. The third-order valence-corrected chi connectivity index (χ3v) is 7.75. The van der Waals surface area contributed by atoms with Crippen LogP contribution >= 0.6 is 0 Å². The van der Waals surface area contributed by atoms with Gasteiger partial charge >= 0.3 is 0 Å². The van der Waals surface area contributed by atoms with Crippen LogP contribution in [0.3, 0.4) is 0 Å². The van der Waals surface area contributed by atoms with E-state index in [1.165, 1.54) is 6.42 Å². The fourth-order valence-corrected chi connectivity index (χ4v) is 5.40. The van der Waals surface area contributed by atoms with Gasteiger partial charge in [0.05, 0.1) is 11.4 Å². The summed E-state index contributed by atoms with van der Waals surface area (Å²) in [5, 5.41) is 2.85. The molecule has 1 saturated carbocycles. The van der Waals surface area contributed by atoms with Gasteiger partial charge in [0.25, 0.3) is 5.91 Å². The number of ether oxygens (including phenoxy) is 1. The zero-order valence-corrected chi connectivity index (χ0v) is 21.6. The van der Waals surface area contributed by atoms with Gasteiger partial charge in [0.15, 0.2) is 0 Å². The topological polar surface area (TPSA) is 97.3 Å². The monoisotopic (exact) mass is 511 g/mol. The highest BCUT2D eigenvalue weighted by atomic mass is 16.5. The predicted molar refractivity (Wildman–Crippen MR) is 145 cm³/mol. The van der Waals surface area contributed by atoms with Gasteiger partial charge in [-0.2, -0.15) is 0 Å². The summed E-state index contributed by atoms with van der Waals surface area (Å²) in [6.45, 7) is 2.20. The van der Waals surface area contributed by atoms with Gasteiger partial charge in [-0.15, -0.1) is 0 Å². The molecule has 196 valence electrons. The SMILES string of the molecule is O=C(Nc1ncc2c(n1)-c1ccccc1N(C(=O)c1cccc(CCC3CCCOCC3)n1)CC2)C1CC1. The molecular formula is C30H33N5O3. The first-order valence-electron chi connectivity index (χ1n) is 13.8. The Morgan fingerprint density at radius 3 is 2.79 bits per heavy atom. The number of rotatable bonds is 6. The van der Waals surface area contributed by atoms with Crippen molar-refractivity contribution >= 4 is 23.5 Å². The van der Waals surface area contributed by atoms with Crippen LogP contribution in [0, 0.1) is 11.8 Å². The lowest BCUT2D eigenvalue weighted by Gasteiger charge is -2.22. The minimum Gasteiger partial charge on any atom is -0.381 e. The molecule has 0 spiro atoms. The number of carbonyl (C=O) groups excluding carboxylic acids is 2. The van der Waals surface area contributed by atoms with E-state index in [2.05, 4.69) is 10.3 Å². The van der Waals surface area contributed by atoms with Crippen molar-refractivity contribution in [1.29, 1.82) is 0 Å². The molecule has 1 aromatic carbocycles. The van der Waals surface area contributed by atoms with Gasteiger partial charge in [-0.3, -0.25) is 14.9 Å². The summed E-state index contributed by atoms with van der Waals surface area (Å²) in [6, 6.07) is 13.6. The van der Waals surface area contributed by atoms with Crippen molar-refractivity contribution in [3.63, 3.8) is 0 Å². The minimum absolute atomic E-state index is 0.0259. The molecular weight excluding hydrogens is 478 g/mol. The second kappa shape index (κ2) is 11.0. The molecule has 0 radical (unpaired) electrons. The molecule has 2 fully saturated rings. The maximum absolute atomic E-state index is 13.8. The van der Waals surface area contributed by atoms with Crippen LogP contribution in [0.2, 0.25) is 0 Å². The normalized spacial score (nSPS) is 19.1. The lowest BCUT2D eigenvalue weighted by molar-refractivity contribution is -0.117. The van der Waals surface area contributed by atoms with Crippen LogP contribution in [0.15, 0.2) is 48.7 Å². The standard InChI is InChI=1S/C30H33N5O3/c36-28(21-11-12-21)34-30-31-19-22-14-16-35(26-9-2-1-7-24(26)27(22)33-30)29(37)25-8-3-6-23(32-25)13-10-20-5-4-17-38-18-15-20/h1-3,6-9,19-21H,4-5,10-18H2,(H,31,33,34,36). The van der Waals surface area contributed by atoms with Crippen LogP contribution in [0.25, 0.3) is 11.3 Å². The van der Waals surface area contributed by atoms with Gasteiger partial charge in [-0.25, -0.2) is 15.0 Å². The zero-order chi connectivity index (χ0) is 25.9. The van der Waals surface area contributed by atoms with Gasteiger partial charge in [0.1, 0.15) is 5.69 Å². The molecule has 3 aromatic rings. The summed E-state index contributed by atoms with van der Waals surface area (Å²) in [4.78, 5) is 41.8. The fraction of sp³-hybridized carbons (Fsp3) is 0.433. The maximum Gasteiger partial charge on any atom is 0.276 e. The summed E-state index contributed by atoms with van der Waals surface area (Å²) in [5.74, 6) is 0.883. The van der Waals surface area contributed by atoms with E-state index in [9.17, 15) is 9.59 Å².